The molecule has 0 aliphatic rings. The van der Waals surface area contributed by atoms with E-state index in [1.54, 1.807) is 24.3 Å². The van der Waals surface area contributed by atoms with Gasteiger partial charge < -0.3 is 20.5 Å². The van der Waals surface area contributed by atoms with Gasteiger partial charge >= 0.3 is 6.18 Å². The first-order valence-corrected chi connectivity index (χ1v) is 13.5. The van der Waals surface area contributed by atoms with Crippen LogP contribution in [-0.2, 0) is 15.8 Å². The van der Waals surface area contributed by atoms with E-state index in [1.165, 1.54) is 13.8 Å². The molecule has 0 radical (unpaired) electrons. The summed E-state index contributed by atoms with van der Waals surface area (Å²) >= 11 is 0. The van der Waals surface area contributed by atoms with Crippen molar-refractivity contribution in [2.75, 3.05) is 10.6 Å². The molecule has 0 aromatic heterocycles. The molecule has 3 N–H and O–H groups in total. The number of nitrogens with zero attached hydrogens (tertiary/aromatic N) is 1. The van der Waals surface area contributed by atoms with Crippen LogP contribution in [0, 0.1) is 15.5 Å². The second kappa shape index (κ2) is 12.9. The lowest BCUT2D eigenvalue weighted by atomic mass is 9.62. The highest BCUT2D eigenvalue weighted by atomic mass is 19.4. The van der Waals surface area contributed by atoms with E-state index in [0.29, 0.717) is 49.3 Å². The minimum atomic E-state index is -5.03. The number of ether oxygens (including phenoxy) is 1. The Kier molecular flexibility index (Phi) is 10.5. The van der Waals surface area contributed by atoms with Gasteiger partial charge in [0.05, 0.1) is 4.92 Å². The molecule has 0 aliphatic carbocycles. The molecular weight excluding hydrogens is 543 g/mol. The van der Waals surface area contributed by atoms with Crippen molar-refractivity contribution in [3.8, 4) is 5.75 Å². The topological polar surface area (TPSA) is 131 Å². The number of carbonyl (C=O) groups is 2. The van der Waals surface area contributed by atoms with Crippen LogP contribution in [0.2, 0.25) is 0 Å². The predicted octanol–water partition coefficient (Wildman–Crippen LogP) is 7.10. The van der Waals surface area contributed by atoms with Gasteiger partial charge in [0.25, 0.3) is 11.6 Å². The largest absolute Gasteiger partial charge is 0.487 e. The molecule has 0 fully saturated rings. The number of halogens is 3. The highest BCUT2D eigenvalue weighted by molar-refractivity contribution is 5.97. The zero-order chi connectivity index (χ0) is 31.2. The Morgan fingerprint density at radius 3 is 1.90 bits per heavy atom. The first kappa shape index (κ1) is 33.5. The number of rotatable bonds is 13. The van der Waals surface area contributed by atoms with E-state index in [1.807, 2.05) is 27.7 Å². The van der Waals surface area contributed by atoms with Crippen LogP contribution in [0.1, 0.15) is 79.2 Å². The standard InChI is InChI=1S/C29H38F3N3O6/c1-7-27(8-2,18-28(9-3,10-4)41-22-14-11-20(12-15-22)33-19(5)36)26(6,38)25(37)34-21-13-16-24(35(39)40)23(17-21)29(30,31)32/h11-17,38H,7-10,18H2,1-6H3,(H,33,36)(H,34,37). The summed E-state index contributed by atoms with van der Waals surface area (Å²) < 4.78 is 46.9. The van der Waals surface area contributed by atoms with Crippen molar-refractivity contribution in [1.29, 1.82) is 0 Å². The molecule has 0 spiro atoms. The van der Waals surface area contributed by atoms with Crippen LogP contribution in [0.15, 0.2) is 42.5 Å². The van der Waals surface area contributed by atoms with Crippen molar-refractivity contribution in [3.05, 3.63) is 58.1 Å². The fourth-order valence-corrected chi connectivity index (χ4v) is 5.21. The Hall–Kier alpha value is -3.67. The number of carbonyl (C=O) groups excluding carboxylic acids is 2. The van der Waals surface area contributed by atoms with Crippen LogP contribution in [0.5, 0.6) is 5.75 Å². The molecule has 12 heteroatoms. The molecule has 9 nitrogen and oxygen atoms in total. The molecule has 1 atom stereocenters. The first-order chi connectivity index (χ1) is 19.0. The number of anilines is 2. The van der Waals surface area contributed by atoms with E-state index in [9.17, 15) is 38.0 Å². The predicted molar refractivity (Wildman–Crippen MR) is 150 cm³/mol. The Bertz CT molecular complexity index is 1240. The van der Waals surface area contributed by atoms with Crippen LogP contribution in [-0.4, -0.2) is 33.0 Å². The van der Waals surface area contributed by atoms with Crippen LogP contribution >= 0.6 is 0 Å². The molecule has 0 bridgehead atoms. The summed E-state index contributed by atoms with van der Waals surface area (Å²) in [6.07, 6.45) is -3.07. The summed E-state index contributed by atoms with van der Waals surface area (Å²) in [5, 5.41) is 27.9. The lowest BCUT2D eigenvalue weighted by Crippen LogP contribution is -2.57. The maximum Gasteiger partial charge on any atom is 0.423 e. The van der Waals surface area contributed by atoms with Crippen molar-refractivity contribution < 1.29 is 37.5 Å². The fourth-order valence-electron chi connectivity index (χ4n) is 5.21. The number of benzene rings is 2. The zero-order valence-electron chi connectivity index (χ0n) is 24.1. The minimum absolute atomic E-state index is 0.213. The van der Waals surface area contributed by atoms with Gasteiger partial charge in [-0.2, -0.15) is 13.2 Å². The van der Waals surface area contributed by atoms with Crippen LogP contribution < -0.4 is 15.4 Å². The van der Waals surface area contributed by atoms with Crippen LogP contribution in [0.25, 0.3) is 0 Å². The normalized spacial score (nSPS) is 13.7. The lowest BCUT2D eigenvalue weighted by molar-refractivity contribution is -0.388. The van der Waals surface area contributed by atoms with E-state index in [-0.39, 0.29) is 18.0 Å². The second-order valence-electron chi connectivity index (χ2n) is 10.4. The summed E-state index contributed by atoms with van der Waals surface area (Å²) in [4.78, 5) is 34.8. The fraction of sp³-hybridized carbons (Fsp3) is 0.517. The van der Waals surface area contributed by atoms with Gasteiger partial charge in [0, 0.05) is 29.8 Å². The highest BCUT2D eigenvalue weighted by Crippen LogP contribution is 2.48. The molecule has 1 unspecified atom stereocenters. The molecule has 0 saturated heterocycles. The zero-order valence-corrected chi connectivity index (χ0v) is 24.1. The number of nitro groups is 1. The van der Waals surface area contributed by atoms with Gasteiger partial charge in [0.2, 0.25) is 5.91 Å². The summed E-state index contributed by atoms with van der Waals surface area (Å²) in [6.45, 7) is 10.2. The van der Waals surface area contributed by atoms with Crippen molar-refractivity contribution >= 4 is 28.9 Å². The Morgan fingerprint density at radius 1 is 0.927 bits per heavy atom. The summed E-state index contributed by atoms with van der Waals surface area (Å²) in [5.74, 6) is -0.628. The average Bonchev–Trinajstić information content (AvgIpc) is 2.91. The molecule has 2 amide bonds. The summed E-state index contributed by atoms with van der Waals surface area (Å²) in [5.41, 5.74) is -6.33. The maximum atomic E-state index is 13.5. The molecule has 2 aromatic carbocycles. The first-order valence-electron chi connectivity index (χ1n) is 13.5. The van der Waals surface area contributed by atoms with Gasteiger partial charge in [-0.05, 0) is 75.4 Å². The maximum absolute atomic E-state index is 13.5. The van der Waals surface area contributed by atoms with Gasteiger partial charge in [0.15, 0.2) is 0 Å². The van der Waals surface area contributed by atoms with Gasteiger partial charge in [0.1, 0.15) is 22.5 Å². The van der Waals surface area contributed by atoms with Gasteiger partial charge in [-0.25, -0.2) is 0 Å². The molecular formula is C29H38F3N3O6. The van der Waals surface area contributed by atoms with Crippen LogP contribution in [0.4, 0.5) is 30.2 Å². The number of alkyl halides is 3. The molecule has 226 valence electrons. The second-order valence-corrected chi connectivity index (χ2v) is 10.4. The number of hydrogen-bond acceptors (Lipinski definition) is 6. The third kappa shape index (κ3) is 7.55. The molecule has 0 saturated carbocycles. The third-order valence-electron chi connectivity index (χ3n) is 8.04. The molecule has 2 rings (SSSR count). The molecule has 0 aliphatic heterocycles. The Balaban J connectivity index is 2.42. The van der Waals surface area contributed by atoms with E-state index >= 15 is 0 Å². The number of nitrogens with one attached hydrogen (secondary N) is 2. The molecule has 0 heterocycles. The number of aliphatic hydroxyl groups is 1. The smallest absolute Gasteiger partial charge is 0.423 e. The summed E-state index contributed by atoms with van der Waals surface area (Å²) in [7, 11) is 0. The average molecular weight is 582 g/mol. The number of nitro benzene ring substituents is 1. The third-order valence-corrected chi connectivity index (χ3v) is 8.04. The lowest BCUT2D eigenvalue weighted by Gasteiger charge is -2.49. The Morgan fingerprint density at radius 2 is 1.46 bits per heavy atom. The highest BCUT2D eigenvalue weighted by Gasteiger charge is 2.54. The minimum Gasteiger partial charge on any atom is -0.487 e. The quantitative estimate of drug-likeness (QED) is 0.171. The van der Waals surface area contributed by atoms with Crippen molar-refractivity contribution in [2.24, 2.45) is 5.41 Å². The van der Waals surface area contributed by atoms with Crippen molar-refractivity contribution in [2.45, 2.75) is 91.0 Å². The van der Waals surface area contributed by atoms with E-state index in [4.69, 9.17) is 4.74 Å². The van der Waals surface area contributed by atoms with Crippen molar-refractivity contribution in [3.63, 3.8) is 0 Å². The summed E-state index contributed by atoms with van der Waals surface area (Å²) in [6, 6.07) is 8.97. The van der Waals surface area contributed by atoms with Gasteiger partial charge in [-0.3, -0.25) is 19.7 Å². The van der Waals surface area contributed by atoms with E-state index in [2.05, 4.69) is 10.6 Å². The number of amides is 2. The van der Waals surface area contributed by atoms with Gasteiger partial charge in [-0.1, -0.05) is 27.7 Å². The van der Waals surface area contributed by atoms with Crippen molar-refractivity contribution in [1.82, 2.24) is 0 Å². The monoisotopic (exact) mass is 581 g/mol. The number of hydrogen-bond donors (Lipinski definition) is 3. The van der Waals surface area contributed by atoms with E-state index in [0.717, 1.165) is 6.07 Å². The SMILES string of the molecule is CCC(CC)(CC(CC)(CC)C(C)(O)C(=O)Nc1ccc([N+](=O)[O-])c(C(F)(F)F)c1)Oc1ccc(NC(C)=O)cc1. The van der Waals surface area contributed by atoms with Crippen LogP contribution in [0.3, 0.4) is 0 Å². The Labute approximate surface area is 237 Å². The van der Waals surface area contributed by atoms with Gasteiger partial charge in [-0.15, -0.1) is 0 Å². The van der Waals surface area contributed by atoms with E-state index < -0.39 is 44.9 Å². The molecule has 2 aromatic rings. The molecule has 41 heavy (non-hydrogen) atoms.